The number of aryl methyl sites for hydroxylation is 3. The van der Waals surface area contributed by atoms with Crippen LogP contribution in [0.3, 0.4) is 0 Å². The average Bonchev–Trinajstić information content (AvgIpc) is 3.42. The molecule has 10 nitrogen and oxygen atoms in total. The molecule has 1 amide bonds. The lowest BCUT2D eigenvalue weighted by Crippen LogP contribution is -2.50. The number of rotatable bonds is 6. The highest BCUT2D eigenvalue weighted by atomic mass is 32.2. The van der Waals surface area contributed by atoms with Crippen LogP contribution in [-0.4, -0.2) is 69.3 Å². The maximum Gasteiger partial charge on any atom is 0.274 e. The summed E-state index contributed by atoms with van der Waals surface area (Å²) in [6.45, 7) is 5.23. The molecule has 0 atom stereocenters. The quantitative estimate of drug-likeness (QED) is 0.554. The van der Waals surface area contributed by atoms with Gasteiger partial charge in [-0.2, -0.15) is 14.5 Å². The highest BCUT2D eigenvalue weighted by Gasteiger charge is 2.31. The zero-order valence-electron chi connectivity index (χ0n) is 18.3. The summed E-state index contributed by atoms with van der Waals surface area (Å²) in [5.41, 5.74) is 2.50. The highest BCUT2D eigenvalue weighted by molar-refractivity contribution is 7.89. The van der Waals surface area contributed by atoms with Gasteiger partial charge in [0, 0.05) is 45.6 Å². The van der Waals surface area contributed by atoms with E-state index >= 15 is 0 Å². The Balaban J connectivity index is 1.34. The van der Waals surface area contributed by atoms with E-state index < -0.39 is 10.0 Å². The zero-order chi connectivity index (χ0) is 22.9. The van der Waals surface area contributed by atoms with E-state index in [0.717, 1.165) is 16.9 Å². The maximum atomic E-state index is 12.8. The van der Waals surface area contributed by atoms with Gasteiger partial charge in [0.2, 0.25) is 10.0 Å². The first kappa shape index (κ1) is 22.0. The monoisotopic (exact) mass is 458 g/mol. The number of hydrogen-bond acceptors (Lipinski definition) is 6. The first-order valence-electron chi connectivity index (χ1n) is 10.3. The van der Waals surface area contributed by atoms with Gasteiger partial charge in [-0.3, -0.25) is 9.48 Å². The molecule has 0 radical (unpaired) electrons. The van der Waals surface area contributed by atoms with E-state index in [9.17, 15) is 13.2 Å². The number of carbonyl (C=O) groups excluding carboxylic acids is 1. The van der Waals surface area contributed by atoms with Gasteiger partial charge in [0.25, 0.3) is 5.91 Å². The molecule has 0 aliphatic carbocycles. The minimum atomic E-state index is -3.62. The molecule has 0 saturated carbocycles. The molecule has 32 heavy (non-hydrogen) atoms. The van der Waals surface area contributed by atoms with Crippen LogP contribution in [0, 0.1) is 13.8 Å². The molecular formula is C21H26N6O4S. The van der Waals surface area contributed by atoms with E-state index in [1.165, 1.54) is 21.4 Å². The molecule has 1 fully saturated rings. The van der Waals surface area contributed by atoms with E-state index in [1.807, 2.05) is 32.0 Å². The van der Waals surface area contributed by atoms with Crippen molar-refractivity contribution in [2.45, 2.75) is 25.5 Å². The Morgan fingerprint density at radius 2 is 1.88 bits per heavy atom. The van der Waals surface area contributed by atoms with Crippen molar-refractivity contribution in [3.8, 4) is 5.75 Å². The Hall–Kier alpha value is -3.18. The largest absolute Gasteiger partial charge is 0.471 e. The van der Waals surface area contributed by atoms with Crippen LogP contribution in [0.4, 0.5) is 0 Å². The molecule has 0 N–H and O–H groups in total. The van der Waals surface area contributed by atoms with Gasteiger partial charge in [-0.25, -0.2) is 13.1 Å². The third kappa shape index (κ3) is 4.53. The van der Waals surface area contributed by atoms with E-state index in [-0.39, 0.29) is 30.6 Å². The van der Waals surface area contributed by atoms with Gasteiger partial charge in [0.15, 0.2) is 12.4 Å². The van der Waals surface area contributed by atoms with Gasteiger partial charge in [0.05, 0.1) is 6.20 Å². The van der Waals surface area contributed by atoms with E-state index in [1.54, 1.807) is 28.9 Å². The third-order valence-electron chi connectivity index (χ3n) is 5.39. The zero-order valence-corrected chi connectivity index (χ0v) is 19.1. The maximum absolute atomic E-state index is 12.8. The molecule has 1 aliphatic heterocycles. The van der Waals surface area contributed by atoms with Gasteiger partial charge in [-0.15, -0.1) is 0 Å². The number of amides is 1. The van der Waals surface area contributed by atoms with Crippen LogP contribution in [-0.2, 0) is 23.8 Å². The van der Waals surface area contributed by atoms with Crippen LogP contribution < -0.4 is 4.74 Å². The van der Waals surface area contributed by atoms with E-state index in [4.69, 9.17) is 4.74 Å². The van der Waals surface area contributed by atoms with Crippen LogP contribution >= 0.6 is 0 Å². The minimum Gasteiger partial charge on any atom is -0.471 e. The fourth-order valence-electron chi connectivity index (χ4n) is 3.62. The van der Waals surface area contributed by atoms with Gasteiger partial charge >= 0.3 is 0 Å². The Morgan fingerprint density at radius 3 is 2.53 bits per heavy atom. The molecule has 0 unspecified atom stereocenters. The molecule has 1 saturated heterocycles. The van der Waals surface area contributed by atoms with Crippen LogP contribution in [0.25, 0.3) is 0 Å². The number of piperazine rings is 1. The van der Waals surface area contributed by atoms with Crippen molar-refractivity contribution >= 4 is 15.9 Å². The van der Waals surface area contributed by atoms with Gasteiger partial charge in [0.1, 0.15) is 10.6 Å². The van der Waals surface area contributed by atoms with E-state index in [0.29, 0.717) is 18.8 Å². The lowest BCUT2D eigenvalue weighted by atomic mass is 10.1. The molecule has 11 heteroatoms. The molecule has 0 bridgehead atoms. The smallest absolute Gasteiger partial charge is 0.274 e. The van der Waals surface area contributed by atoms with Gasteiger partial charge in [-0.1, -0.05) is 17.7 Å². The number of ether oxygens (including phenoxy) is 1. The standard InChI is InChI=1S/C21H26N6O4S/c1-16-4-5-20(17(2)12-16)31-15-26-7-6-19(23-26)21(28)25-8-10-27(11-9-25)32(29,30)18-13-22-24(3)14-18/h4-7,12-14H,8-11,15H2,1-3H3. The number of nitrogens with zero attached hydrogens (tertiary/aromatic N) is 6. The summed E-state index contributed by atoms with van der Waals surface area (Å²) in [4.78, 5) is 14.6. The minimum absolute atomic E-state index is 0.155. The summed E-state index contributed by atoms with van der Waals surface area (Å²) in [7, 11) is -1.95. The molecule has 1 aliphatic rings. The van der Waals surface area contributed by atoms with Crippen molar-refractivity contribution < 1.29 is 17.9 Å². The van der Waals surface area contributed by atoms with Crippen LogP contribution in [0.15, 0.2) is 47.8 Å². The lowest BCUT2D eigenvalue weighted by molar-refractivity contribution is 0.0690. The Morgan fingerprint density at radius 1 is 1.12 bits per heavy atom. The lowest BCUT2D eigenvalue weighted by Gasteiger charge is -2.33. The topological polar surface area (TPSA) is 103 Å². The third-order valence-corrected chi connectivity index (χ3v) is 7.24. The molecule has 3 heterocycles. The highest BCUT2D eigenvalue weighted by Crippen LogP contribution is 2.20. The number of hydrogen-bond donors (Lipinski definition) is 0. The predicted molar refractivity (Wildman–Crippen MR) is 117 cm³/mol. The van der Waals surface area contributed by atoms with Crippen LogP contribution in [0.5, 0.6) is 5.75 Å². The second-order valence-corrected chi connectivity index (χ2v) is 9.77. The van der Waals surface area contributed by atoms with Gasteiger partial charge < -0.3 is 9.64 Å². The number of carbonyl (C=O) groups is 1. The van der Waals surface area contributed by atoms with Crippen molar-refractivity contribution in [3.05, 3.63) is 59.7 Å². The van der Waals surface area contributed by atoms with Crippen LogP contribution in [0.1, 0.15) is 21.6 Å². The summed E-state index contributed by atoms with van der Waals surface area (Å²) < 4.78 is 35.6. The molecule has 170 valence electrons. The predicted octanol–water partition coefficient (Wildman–Crippen LogP) is 1.42. The summed E-state index contributed by atoms with van der Waals surface area (Å²) in [6, 6.07) is 7.59. The second-order valence-electron chi connectivity index (χ2n) is 7.83. The number of benzene rings is 1. The average molecular weight is 459 g/mol. The first-order valence-corrected chi connectivity index (χ1v) is 11.7. The summed E-state index contributed by atoms with van der Waals surface area (Å²) in [5, 5.41) is 8.25. The second kappa shape index (κ2) is 8.75. The molecule has 2 aromatic heterocycles. The fourth-order valence-corrected chi connectivity index (χ4v) is 5.03. The van der Waals surface area contributed by atoms with Crippen molar-refractivity contribution in [1.82, 2.24) is 28.8 Å². The SMILES string of the molecule is Cc1ccc(OCn2ccc(C(=O)N3CCN(S(=O)(=O)c4cnn(C)c4)CC3)n2)c(C)c1. The number of sulfonamides is 1. The Bertz CT molecular complexity index is 1220. The molecule has 4 rings (SSSR count). The fraction of sp³-hybridized carbons (Fsp3) is 0.381. The van der Waals surface area contributed by atoms with Crippen molar-refractivity contribution in [3.63, 3.8) is 0 Å². The van der Waals surface area contributed by atoms with Crippen molar-refractivity contribution in [2.75, 3.05) is 26.2 Å². The van der Waals surface area contributed by atoms with Crippen LogP contribution in [0.2, 0.25) is 0 Å². The number of aromatic nitrogens is 4. The Labute approximate surface area is 187 Å². The van der Waals surface area contributed by atoms with E-state index in [2.05, 4.69) is 10.2 Å². The van der Waals surface area contributed by atoms with Gasteiger partial charge in [-0.05, 0) is 31.5 Å². The normalized spacial score (nSPS) is 15.2. The molecule has 3 aromatic rings. The summed E-state index contributed by atoms with van der Waals surface area (Å²) in [5.74, 6) is 0.540. The Kier molecular flexibility index (Phi) is 6.02. The van der Waals surface area contributed by atoms with Crippen molar-refractivity contribution in [2.24, 2.45) is 7.05 Å². The summed E-state index contributed by atoms with van der Waals surface area (Å²) in [6.07, 6.45) is 4.50. The van der Waals surface area contributed by atoms with Crippen molar-refractivity contribution in [1.29, 1.82) is 0 Å². The summed E-state index contributed by atoms with van der Waals surface area (Å²) >= 11 is 0. The molecule has 1 aromatic carbocycles. The first-order chi connectivity index (χ1) is 15.2. The molecular weight excluding hydrogens is 432 g/mol. The molecule has 0 spiro atoms.